The fraction of sp³-hybridized carbons (Fsp3) is 0.615. The molecule has 0 aliphatic heterocycles. The van der Waals surface area contributed by atoms with Crippen molar-refractivity contribution in [1.29, 1.82) is 0 Å². The molecule has 0 atom stereocenters. The summed E-state index contributed by atoms with van der Waals surface area (Å²) in [5.41, 5.74) is 2.02. The highest BCUT2D eigenvalue weighted by molar-refractivity contribution is 6.17. The predicted octanol–water partition coefficient (Wildman–Crippen LogP) is 2.90. The molecule has 0 spiro atoms. The number of alkyl halides is 1. The molecule has 0 aliphatic carbocycles. The first-order valence-corrected chi connectivity index (χ1v) is 6.58. The van der Waals surface area contributed by atoms with Crippen LogP contribution in [0.5, 0.6) is 5.75 Å². The van der Waals surface area contributed by atoms with Crippen molar-refractivity contribution < 1.29 is 4.74 Å². The van der Waals surface area contributed by atoms with Crippen LogP contribution < -0.4 is 10.1 Å². The van der Waals surface area contributed by atoms with Gasteiger partial charge in [0.15, 0.2) is 0 Å². The van der Waals surface area contributed by atoms with Gasteiger partial charge < -0.3 is 10.1 Å². The number of nitrogens with one attached hydrogen (secondary N) is 1. The number of unbranched alkanes of at least 4 members (excludes halogenated alkanes) is 2. The first kappa shape index (κ1) is 14.3. The van der Waals surface area contributed by atoms with Gasteiger partial charge in [0, 0.05) is 30.3 Å². The third-order valence-electron chi connectivity index (χ3n) is 2.51. The standard InChI is InChI=1S/C13H21ClN2O/c1-11-8-13(17-2)9-12(16-11)10-15-7-5-3-4-6-14/h8-9,15H,3-7,10H2,1-2H3. The molecule has 0 fully saturated rings. The molecule has 1 aromatic rings. The average molecular weight is 257 g/mol. The summed E-state index contributed by atoms with van der Waals surface area (Å²) >= 11 is 5.62. The number of halogens is 1. The number of rotatable bonds is 8. The van der Waals surface area contributed by atoms with Gasteiger partial charge in [-0.3, -0.25) is 4.98 Å². The van der Waals surface area contributed by atoms with E-state index in [1.165, 1.54) is 6.42 Å². The summed E-state index contributed by atoms with van der Waals surface area (Å²) in [4.78, 5) is 4.45. The van der Waals surface area contributed by atoms with Crippen molar-refractivity contribution in [3.8, 4) is 5.75 Å². The van der Waals surface area contributed by atoms with Gasteiger partial charge in [0.1, 0.15) is 5.75 Å². The second-order valence-corrected chi connectivity index (χ2v) is 4.44. The largest absolute Gasteiger partial charge is 0.497 e. The summed E-state index contributed by atoms with van der Waals surface area (Å²) in [6.45, 7) is 3.78. The first-order chi connectivity index (χ1) is 8.26. The Bertz CT molecular complexity index is 331. The van der Waals surface area contributed by atoms with Crippen molar-refractivity contribution in [2.75, 3.05) is 19.5 Å². The molecule has 4 heteroatoms. The maximum atomic E-state index is 5.62. The van der Waals surface area contributed by atoms with E-state index in [1.807, 2.05) is 19.1 Å². The molecule has 0 radical (unpaired) electrons. The molecular weight excluding hydrogens is 236 g/mol. The SMILES string of the molecule is COc1cc(C)nc(CNCCCCCCl)c1. The highest BCUT2D eigenvalue weighted by Gasteiger charge is 2.00. The predicted molar refractivity (Wildman–Crippen MR) is 71.8 cm³/mol. The molecule has 1 aromatic heterocycles. The van der Waals surface area contributed by atoms with Crippen molar-refractivity contribution in [3.05, 3.63) is 23.5 Å². The van der Waals surface area contributed by atoms with Gasteiger partial charge in [0.2, 0.25) is 0 Å². The van der Waals surface area contributed by atoms with E-state index in [-0.39, 0.29) is 0 Å². The van der Waals surface area contributed by atoms with Crippen molar-refractivity contribution >= 4 is 11.6 Å². The lowest BCUT2D eigenvalue weighted by molar-refractivity contribution is 0.412. The van der Waals surface area contributed by atoms with E-state index >= 15 is 0 Å². The molecule has 96 valence electrons. The Hall–Kier alpha value is -0.800. The molecule has 0 aromatic carbocycles. The maximum absolute atomic E-state index is 5.62. The highest BCUT2D eigenvalue weighted by atomic mass is 35.5. The van der Waals surface area contributed by atoms with Gasteiger partial charge in [-0.25, -0.2) is 0 Å². The Morgan fingerprint density at radius 2 is 2.12 bits per heavy atom. The fourth-order valence-electron chi connectivity index (χ4n) is 1.65. The van der Waals surface area contributed by atoms with Crippen molar-refractivity contribution in [3.63, 3.8) is 0 Å². The van der Waals surface area contributed by atoms with Crippen LogP contribution in [-0.2, 0) is 6.54 Å². The van der Waals surface area contributed by atoms with Gasteiger partial charge in [-0.1, -0.05) is 6.42 Å². The number of hydrogen-bond donors (Lipinski definition) is 1. The van der Waals surface area contributed by atoms with Crippen LogP contribution in [0.3, 0.4) is 0 Å². The third-order valence-corrected chi connectivity index (χ3v) is 2.78. The second kappa shape index (κ2) is 8.31. The van der Waals surface area contributed by atoms with E-state index in [9.17, 15) is 0 Å². The van der Waals surface area contributed by atoms with Crippen LogP contribution >= 0.6 is 11.6 Å². The molecule has 0 unspecified atom stereocenters. The number of pyridine rings is 1. The maximum Gasteiger partial charge on any atom is 0.122 e. The molecule has 3 nitrogen and oxygen atoms in total. The number of aryl methyl sites for hydroxylation is 1. The van der Waals surface area contributed by atoms with Gasteiger partial charge >= 0.3 is 0 Å². The average Bonchev–Trinajstić information content (AvgIpc) is 2.33. The summed E-state index contributed by atoms with van der Waals surface area (Å²) in [7, 11) is 1.68. The number of ether oxygens (including phenoxy) is 1. The second-order valence-electron chi connectivity index (χ2n) is 4.07. The number of nitrogens with zero attached hydrogens (tertiary/aromatic N) is 1. The Morgan fingerprint density at radius 1 is 1.29 bits per heavy atom. The minimum atomic E-state index is 0.761. The van der Waals surface area contributed by atoms with Gasteiger partial charge in [-0.15, -0.1) is 11.6 Å². The molecule has 1 N–H and O–H groups in total. The Kier molecular flexibility index (Phi) is 6.97. The Labute approximate surface area is 109 Å². The van der Waals surface area contributed by atoms with Crippen LogP contribution in [0, 0.1) is 6.92 Å². The fourth-order valence-corrected chi connectivity index (χ4v) is 1.84. The zero-order valence-electron chi connectivity index (χ0n) is 10.6. The third kappa shape index (κ3) is 5.89. The molecule has 17 heavy (non-hydrogen) atoms. The smallest absolute Gasteiger partial charge is 0.122 e. The van der Waals surface area contributed by atoms with Crippen LogP contribution in [0.4, 0.5) is 0 Å². The van der Waals surface area contributed by atoms with E-state index in [2.05, 4.69) is 10.3 Å². The zero-order chi connectivity index (χ0) is 12.5. The first-order valence-electron chi connectivity index (χ1n) is 6.04. The van der Waals surface area contributed by atoms with Crippen molar-refractivity contribution in [1.82, 2.24) is 10.3 Å². The monoisotopic (exact) mass is 256 g/mol. The zero-order valence-corrected chi connectivity index (χ0v) is 11.4. The molecule has 0 saturated heterocycles. The summed E-state index contributed by atoms with van der Waals surface area (Å²) in [6, 6.07) is 3.91. The molecule has 0 bridgehead atoms. The lowest BCUT2D eigenvalue weighted by Gasteiger charge is -2.07. The lowest BCUT2D eigenvalue weighted by atomic mass is 10.2. The van der Waals surface area contributed by atoms with Gasteiger partial charge in [0.25, 0.3) is 0 Å². The molecule has 1 rings (SSSR count). The topological polar surface area (TPSA) is 34.1 Å². The highest BCUT2D eigenvalue weighted by Crippen LogP contribution is 2.12. The number of methoxy groups -OCH3 is 1. The van der Waals surface area contributed by atoms with Crippen LogP contribution in [0.15, 0.2) is 12.1 Å². The van der Waals surface area contributed by atoms with E-state index in [0.717, 1.165) is 48.9 Å². The van der Waals surface area contributed by atoms with E-state index in [1.54, 1.807) is 7.11 Å². The summed E-state index contributed by atoms with van der Waals surface area (Å²) < 4.78 is 5.21. The van der Waals surface area contributed by atoms with Crippen LogP contribution in [0.2, 0.25) is 0 Å². The van der Waals surface area contributed by atoms with Crippen LogP contribution in [-0.4, -0.2) is 24.5 Å². The van der Waals surface area contributed by atoms with Crippen LogP contribution in [0.25, 0.3) is 0 Å². The van der Waals surface area contributed by atoms with Crippen LogP contribution in [0.1, 0.15) is 30.7 Å². The van der Waals surface area contributed by atoms with Crippen molar-refractivity contribution in [2.24, 2.45) is 0 Å². The number of aromatic nitrogens is 1. The summed E-state index contributed by atoms with van der Waals surface area (Å²) in [5, 5.41) is 3.38. The van der Waals surface area contributed by atoms with E-state index in [4.69, 9.17) is 16.3 Å². The Morgan fingerprint density at radius 3 is 2.82 bits per heavy atom. The van der Waals surface area contributed by atoms with E-state index < -0.39 is 0 Å². The molecule has 1 heterocycles. The normalized spacial score (nSPS) is 10.5. The number of hydrogen-bond acceptors (Lipinski definition) is 3. The lowest BCUT2D eigenvalue weighted by Crippen LogP contribution is -2.15. The van der Waals surface area contributed by atoms with Crippen molar-refractivity contribution in [2.45, 2.75) is 32.7 Å². The molecular formula is C13H21ClN2O. The summed E-state index contributed by atoms with van der Waals surface area (Å²) in [5.74, 6) is 1.63. The van der Waals surface area contributed by atoms with Gasteiger partial charge in [-0.2, -0.15) is 0 Å². The Balaban J connectivity index is 2.28. The van der Waals surface area contributed by atoms with Gasteiger partial charge in [0.05, 0.1) is 12.8 Å². The quantitative estimate of drug-likeness (QED) is 0.574. The molecule has 0 amide bonds. The minimum Gasteiger partial charge on any atom is -0.497 e. The van der Waals surface area contributed by atoms with E-state index in [0.29, 0.717) is 0 Å². The van der Waals surface area contributed by atoms with Gasteiger partial charge in [-0.05, 0) is 26.3 Å². The molecule has 0 aliphatic rings. The summed E-state index contributed by atoms with van der Waals surface area (Å²) in [6.07, 6.45) is 3.44. The molecule has 0 saturated carbocycles. The minimum absolute atomic E-state index is 0.761.